The minimum atomic E-state index is 0.245. The summed E-state index contributed by atoms with van der Waals surface area (Å²) in [7, 11) is 0. The second kappa shape index (κ2) is 7.95. The van der Waals surface area contributed by atoms with Crippen molar-refractivity contribution in [1.82, 2.24) is 15.1 Å². The SMILES string of the molecule is CCC1=C(C)CCC(N2CCCC3=C2NCC(C(=O)N2CCCCC2)=C3)=C1. The molecule has 4 rings (SSSR count). The van der Waals surface area contributed by atoms with Crippen LogP contribution in [0.4, 0.5) is 0 Å². The van der Waals surface area contributed by atoms with Crippen LogP contribution in [0.1, 0.15) is 65.2 Å². The van der Waals surface area contributed by atoms with Crippen LogP contribution >= 0.6 is 0 Å². The number of carbonyl (C=O) groups excluding carboxylic acids is 1. The van der Waals surface area contributed by atoms with E-state index in [1.165, 1.54) is 35.5 Å². The molecule has 0 aromatic rings. The van der Waals surface area contributed by atoms with Crippen molar-refractivity contribution in [1.29, 1.82) is 0 Å². The van der Waals surface area contributed by atoms with Gasteiger partial charge in [-0.05, 0) is 81.6 Å². The van der Waals surface area contributed by atoms with E-state index in [0.717, 1.165) is 63.7 Å². The molecule has 27 heavy (non-hydrogen) atoms. The van der Waals surface area contributed by atoms with E-state index in [-0.39, 0.29) is 5.91 Å². The molecule has 0 saturated carbocycles. The molecular formula is C23H33N3O. The Morgan fingerprint density at radius 2 is 1.85 bits per heavy atom. The van der Waals surface area contributed by atoms with Gasteiger partial charge in [0.1, 0.15) is 5.82 Å². The molecule has 0 spiro atoms. The molecule has 4 heteroatoms. The second-order valence-corrected chi connectivity index (χ2v) is 8.30. The molecule has 146 valence electrons. The van der Waals surface area contributed by atoms with Gasteiger partial charge in [0.2, 0.25) is 0 Å². The molecule has 0 unspecified atom stereocenters. The van der Waals surface area contributed by atoms with Gasteiger partial charge in [0.15, 0.2) is 0 Å². The molecule has 1 saturated heterocycles. The smallest absolute Gasteiger partial charge is 0.251 e. The third kappa shape index (κ3) is 3.71. The van der Waals surface area contributed by atoms with Crippen molar-refractivity contribution in [3.8, 4) is 0 Å². The standard InChI is InChI=1S/C23H33N3O/c1-3-18-15-21(10-9-17(18)2)26-13-7-8-19-14-20(16-24-22(19)26)23(27)25-11-5-4-6-12-25/h14-15,24H,3-13,16H2,1-2H3. The summed E-state index contributed by atoms with van der Waals surface area (Å²) in [5.74, 6) is 1.49. The van der Waals surface area contributed by atoms with Crippen LogP contribution in [-0.4, -0.2) is 41.9 Å². The number of carbonyl (C=O) groups is 1. The van der Waals surface area contributed by atoms with Gasteiger partial charge in [0.05, 0.1) is 0 Å². The molecule has 0 atom stereocenters. The Morgan fingerprint density at radius 3 is 2.63 bits per heavy atom. The topological polar surface area (TPSA) is 35.6 Å². The molecule has 3 aliphatic heterocycles. The molecule has 0 aromatic carbocycles. The predicted molar refractivity (Wildman–Crippen MR) is 110 cm³/mol. The number of hydrogen-bond donors (Lipinski definition) is 1. The van der Waals surface area contributed by atoms with Gasteiger partial charge in [-0.15, -0.1) is 0 Å². The zero-order valence-corrected chi connectivity index (χ0v) is 16.9. The first kappa shape index (κ1) is 18.4. The van der Waals surface area contributed by atoms with Gasteiger partial charge < -0.3 is 15.1 Å². The fourth-order valence-electron chi connectivity index (χ4n) is 4.83. The van der Waals surface area contributed by atoms with Crippen LogP contribution in [0, 0.1) is 0 Å². The summed E-state index contributed by atoms with van der Waals surface area (Å²) in [5.41, 5.74) is 6.74. The zero-order chi connectivity index (χ0) is 18.8. The highest BCUT2D eigenvalue weighted by Gasteiger charge is 2.29. The van der Waals surface area contributed by atoms with Crippen molar-refractivity contribution in [3.05, 3.63) is 46.0 Å². The Balaban J connectivity index is 1.57. The van der Waals surface area contributed by atoms with Crippen LogP contribution in [0.3, 0.4) is 0 Å². The van der Waals surface area contributed by atoms with Gasteiger partial charge >= 0.3 is 0 Å². The Hall–Kier alpha value is -1.97. The summed E-state index contributed by atoms with van der Waals surface area (Å²) in [6.07, 6.45) is 13.8. The van der Waals surface area contributed by atoms with Gasteiger partial charge in [-0.2, -0.15) is 0 Å². The van der Waals surface area contributed by atoms with Crippen LogP contribution in [0.2, 0.25) is 0 Å². The van der Waals surface area contributed by atoms with Crippen molar-refractivity contribution >= 4 is 5.91 Å². The molecule has 4 nitrogen and oxygen atoms in total. The highest BCUT2D eigenvalue weighted by molar-refractivity contribution is 5.94. The zero-order valence-electron chi connectivity index (χ0n) is 16.9. The number of nitrogens with zero attached hydrogens (tertiary/aromatic N) is 2. The maximum absolute atomic E-state index is 12.9. The number of rotatable bonds is 3. The van der Waals surface area contributed by atoms with Crippen molar-refractivity contribution in [2.24, 2.45) is 0 Å². The molecule has 1 fully saturated rings. The normalized spacial score (nSPS) is 23.6. The third-order valence-electron chi connectivity index (χ3n) is 6.49. The summed E-state index contributed by atoms with van der Waals surface area (Å²) in [6.45, 7) is 8.11. The Morgan fingerprint density at radius 1 is 1.04 bits per heavy atom. The molecule has 0 bridgehead atoms. The second-order valence-electron chi connectivity index (χ2n) is 8.30. The lowest BCUT2D eigenvalue weighted by molar-refractivity contribution is -0.128. The van der Waals surface area contributed by atoms with Crippen molar-refractivity contribution in [2.45, 2.75) is 65.2 Å². The van der Waals surface area contributed by atoms with E-state index in [4.69, 9.17) is 0 Å². The van der Waals surface area contributed by atoms with E-state index in [9.17, 15) is 4.79 Å². The highest BCUT2D eigenvalue weighted by atomic mass is 16.2. The summed E-state index contributed by atoms with van der Waals surface area (Å²) in [5, 5.41) is 3.62. The Bertz CT molecular complexity index is 735. The van der Waals surface area contributed by atoms with E-state index >= 15 is 0 Å². The summed E-state index contributed by atoms with van der Waals surface area (Å²) >= 11 is 0. The first-order valence-corrected chi connectivity index (χ1v) is 10.8. The number of nitrogens with one attached hydrogen (secondary N) is 1. The van der Waals surface area contributed by atoms with Crippen molar-refractivity contribution in [2.75, 3.05) is 26.2 Å². The minimum absolute atomic E-state index is 0.245. The van der Waals surface area contributed by atoms with E-state index in [1.54, 1.807) is 5.57 Å². The Labute approximate surface area is 163 Å². The number of likely N-dealkylation sites (tertiary alicyclic amines) is 1. The highest BCUT2D eigenvalue weighted by Crippen LogP contribution is 2.34. The van der Waals surface area contributed by atoms with E-state index < -0.39 is 0 Å². The predicted octanol–water partition coefficient (Wildman–Crippen LogP) is 4.24. The van der Waals surface area contributed by atoms with Crippen LogP contribution in [0.5, 0.6) is 0 Å². The van der Waals surface area contributed by atoms with E-state index in [1.807, 2.05) is 4.90 Å². The monoisotopic (exact) mass is 367 g/mol. The lowest BCUT2D eigenvalue weighted by Gasteiger charge is -2.39. The molecule has 0 aromatic heterocycles. The maximum atomic E-state index is 12.9. The van der Waals surface area contributed by atoms with Gasteiger partial charge in [-0.25, -0.2) is 0 Å². The van der Waals surface area contributed by atoms with Crippen LogP contribution in [0.15, 0.2) is 46.0 Å². The number of hydrogen-bond acceptors (Lipinski definition) is 3. The first-order chi connectivity index (χ1) is 13.2. The molecule has 1 aliphatic carbocycles. The lowest BCUT2D eigenvalue weighted by Crippen LogP contribution is -2.43. The Kier molecular flexibility index (Phi) is 5.42. The van der Waals surface area contributed by atoms with Gasteiger partial charge in [0, 0.05) is 37.4 Å². The van der Waals surface area contributed by atoms with Crippen LogP contribution in [-0.2, 0) is 4.79 Å². The summed E-state index contributed by atoms with van der Waals surface area (Å²) < 4.78 is 0. The summed E-state index contributed by atoms with van der Waals surface area (Å²) in [4.78, 5) is 17.4. The van der Waals surface area contributed by atoms with Crippen LogP contribution in [0.25, 0.3) is 0 Å². The van der Waals surface area contributed by atoms with E-state index in [0.29, 0.717) is 6.54 Å². The average Bonchev–Trinajstić information content (AvgIpc) is 2.73. The van der Waals surface area contributed by atoms with E-state index in [2.05, 4.69) is 36.2 Å². The number of allylic oxidation sites excluding steroid dienone is 6. The first-order valence-electron chi connectivity index (χ1n) is 10.8. The number of dihydropyridines is 1. The molecule has 1 N–H and O–H groups in total. The molecule has 0 radical (unpaired) electrons. The quantitative estimate of drug-likeness (QED) is 0.810. The largest absolute Gasteiger partial charge is 0.367 e. The molecule has 1 amide bonds. The third-order valence-corrected chi connectivity index (χ3v) is 6.49. The van der Waals surface area contributed by atoms with Gasteiger partial charge in [0.25, 0.3) is 5.91 Å². The number of amides is 1. The molecule has 4 aliphatic rings. The molecular weight excluding hydrogens is 334 g/mol. The lowest BCUT2D eigenvalue weighted by atomic mass is 9.92. The number of piperidine rings is 1. The van der Waals surface area contributed by atoms with Gasteiger partial charge in [-0.1, -0.05) is 12.5 Å². The summed E-state index contributed by atoms with van der Waals surface area (Å²) in [6, 6.07) is 0. The fraction of sp³-hybridized carbons (Fsp3) is 0.609. The fourth-order valence-corrected chi connectivity index (χ4v) is 4.83. The van der Waals surface area contributed by atoms with Crippen LogP contribution < -0.4 is 5.32 Å². The van der Waals surface area contributed by atoms with Crippen molar-refractivity contribution < 1.29 is 4.79 Å². The van der Waals surface area contributed by atoms with Crippen molar-refractivity contribution in [3.63, 3.8) is 0 Å². The maximum Gasteiger partial charge on any atom is 0.251 e. The molecule has 3 heterocycles. The van der Waals surface area contributed by atoms with Gasteiger partial charge in [-0.3, -0.25) is 4.79 Å². The minimum Gasteiger partial charge on any atom is -0.367 e. The average molecular weight is 368 g/mol.